The summed E-state index contributed by atoms with van der Waals surface area (Å²) in [5.41, 5.74) is 1.99. The molecule has 0 saturated carbocycles. The number of benzene rings is 2. The van der Waals surface area contributed by atoms with Crippen molar-refractivity contribution in [3.05, 3.63) is 78.0 Å². The van der Waals surface area contributed by atoms with E-state index in [2.05, 4.69) is 20.8 Å². The summed E-state index contributed by atoms with van der Waals surface area (Å²) in [7, 11) is 0. The fraction of sp³-hybridized carbons (Fsp3) is 0.105. The fourth-order valence-electron chi connectivity index (χ4n) is 2.31. The van der Waals surface area contributed by atoms with E-state index in [0.717, 1.165) is 12.0 Å². The average Bonchev–Trinajstić information content (AvgIpc) is 2.63. The summed E-state index contributed by atoms with van der Waals surface area (Å²) in [4.78, 5) is 12.1. The number of anilines is 2. The molecule has 3 N–H and O–H groups in total. The molecule has 0 spiro atoms. The minimum Gasteiger partial charge on any atom is -0.508 e. The summed E-state index contributed by atoms with van der Waals surface area (Å²) in [6.07, 6.45) is 0.742. The molecule has 1 aromatic heterocycles. The molecule has 2 aromatic carbocycles. The van der Waals surface area contributed by atoms with Crippen molar-refractivity contribution in [3.63, 3.8) is 0 Å². The highest BCUT2D eigenvalue weighted by Crippen LogP contribution is 2.12. The zero-order chi connectivity index (χ0) is 17.5. The lowest BCUT2D eigenvalue weighted by molar-refractivity contribution is 0.102. The molecule has 0 aliphatic rings. The van der Waals surface area contributed by atoms with Crippen LogP contribution in [-0.4, -0.2) is 27.8 Å². The third kappa shape index (κ3) is 4.78. The number of para-hydroxylation sites is 1. The van der Waals surface area contributed by atoms with Crippen LogP contribution in [0.25, 0.3) is 0 Å². The first-order valence-corrected chi connectivity index (χ1v) is 7.92. The topological polar surface area (TPSA) is 87.1 Å². The molecule has 126 valence electrons. The summed E-state index contributed by atoms with van der Waals surface area (Å²) < 4.78 is 0. The lowest BCUT2D eigenvalue weighted by Gasteiger charge is -2.07. The number of carbonyl (C=O) groups is 1. The largest absolute Gasteiger partial charge is 0.508 e. The fourth-order valence-corrected chi connectivity index (χ4v) is 2.31. The molecule has 1 amide bonds. The predicted octanol–water partition coefficient (Wildman–Crippen LogP) is 3.09. The van der Waals surface area contributed by atoms with Gasteiger partial charge in [-0.05, 0) is 48.4 Å². The van der Waals surface area contributed by atoms with Crippen LogP contribution in [0.15, 0.2) is 66.7 Å². The molecule has 6 nitrogen and oxygen atoms in total. The molecular weight excluding hydrogens is 316 g/mol. The van der Waals surface area contributed by atoms with Gasteiger partial charge in [0, 0.05) is 12.2 Å². The lowest BCUT2D eigenvalue weighted by atomic mass is 10.1. The Kier molecular flexibility index (Phi) is 5.21. The number of amides is 1. The smallest absolute Gasteiger partial charge is 0.276 e. The Bertz CT molecular complexity index is 836. The van der Waals surface area contributed by atoms with Crippen LogP contribution in [-0.2, 0) is 6.42 Å². The maximum absolute atomic E-state index is 12.1. The van der Waals surface area contributed by atoms with E-state index in [1.54, 1.807) is 24.3 Å². The number of hydrogen-bond donors (Lipinski definition) is 3. The molecule has 0 saturated heterocycles. The molecule has 3 rings (SSSR count). The third-order valence-corrected chi connectivity index (χ3v) is 3.56. The highest BCUT2D eigenvalue weighted by Gasteiger charge is 2.08. The van der Waals surface area contributed by atoms with Crippen molar-refractivity contribution in [2.75, 3.05) is 17.2 Å². The number of hydrogen-bond acceptors (Lipinski definition) is 5. The highest BCUT2D eigenvalue weighted by molar-refractivity contribution is 6.02. The van der Waals surface area contributed by atoms with Gasteiger partial charge >= 0.3 is 0 Å². The zero-order valence-electron chi connectivity index (χ0n) is 13.5. The minimum atomic E-state index is -0.301. The molecule has 0 aliphatic carbocycles. The van der Waals surface area contributed by atoms with Gasteiger partial charge in [0.1, 0.15) is 11.6 Å². The van der Waals surface area contributed by atoms with Gasteiger partial charge in [0.25, 0.3) is 5.91 Å². The van der Waals surface area contributed by atoms with Gasteiger partial charge in [0.2, 0.25) is 0 Å². The molecule has 0 bridgehead atoms. The van der Waals surface area contributed by atoms with E-state index in [4.69, 9.17) is 0 Å². The van der Waals surface area contributed by atoms with Crippen LogP contribution < -0.4 is 10.6 Å². The second-order valence-corrected chi connectivity index (χ2v) is 5.47. The Morgan fingerprint density at radius 2 is 1.80 bits per heavy atom. The van der Waals surface area contributed by atoms with E-state index in [9.17, 15) is 9.90 Å². The van der Waals surface area contributed by atoms with Crippen LogP contribution >= 0.6 is 0 Å². The van der Waals surface area contributed by atoms with Crippen molar-refractivity contribution in [1.82, 2.24) is 10.2 Å². The van der Waals surface area contributed by atoms with Crippen molar-refractivity contribution in [2.24, 2.45) is 0 Å². The standard InChI is InChI=1S/C19H18N4O2/c24-16-8-4-5-14(13-16)11-12-20-18-10-9-17(22-23-18)19(25)21-15-6-2-1-3-7-15/h1-10,13,24H,11-12H2,(H,20,23)(H,21,25). The van der Waals surface area contributed by atoms with Gasteiger partial charge in [0.05, 0.1) is 0 Å². The van der Waals surface area contributed by atoms with Gasteiger partial charge in [-0.2, -0.15) is 0 Å². The Morgan fingerprint density at radius 3 is 2.52 bits per heavy atom. The number of carbonyl (C=O) groups excluding carboxylic acids is 1. The van der Waals surface area contributed by atoms with Gasteiger partial charge in [0.15, 0.2) is 5.69 Å². The van der Waals surface area contributed by atoms with Crippen LogP contribution in [0.2, 0.25) is 0 Å². The van der Waals surface area contributed by atoms with Crippen LogP contribution in [0.1, 0.15) is 16.1 Å². The van der Waals surface area contributed by atoms with Gasteiger partial charge < -0.3 is 15.7 Å². The Balaban J connectivity index is 1.52. The number of nitrogens with one attached hydrogen (secondary N) is 2. The maximum Gasteiger partial charge on any atom is 0.276 e. The average molecular weight is 334 g/mol. The summed E-state index contributed by atoms with van der Waals surface area (Å²) in [6.45, 7) is 0.647. The van der Waals surface area contributed by atoms with Gasteiger partial charge in [-0.1, -0.05) is 30.3 Å². The Hall–Kier alpha value is -3.41. The number of nitrogens with zero attached hydrogens (tertiary/aromatic N) is 2. The van der Waals surface area contributed by atoms with Gasteiger partial charge in [-0.15, -0.1) is 10.2 Å². The summed E-state index contributed by atoms with van der Waals surface area (Å²) in [5.74, 6) is 0.549. The lowest BCUT2D eigenvalue weighted by Crippen LogP contribution is -2.15. The zero-order valence-corrected chi connectivity index (χ0v) is 13.5. The number of phenolic OH excluding ortho intramolecular Hbond substituents is 1. The van der Waals surface area contributed by atoms with E-state index < -0.39 is 0 Å². The maximum atomic E-state index is 12.1. The van der Waals surface area contributed by atoms with Crippen molar-refractivity contribution < 1.29 is 9.90 Å². The summed E-state index contributed by atoms with van der Waals surface area (Å²) in [5, 5.41) is 23.3. The van der Waals surface area contributed by atoms with E-state index in [0.29, 0.717) is 18.1 Å². The molecule has 0 unspecified atom stereocenters. The van der Waals surface area contributed by atoms with Crippen LogP contribution in [0.3, 0.4) is 0 Å². The first-order chi connectivity index (χ1) is 12.2. The monoisotopic (exact) mass is 334 g/mol. The van der Waals surface area contributed by atoms with Crippen LogP contribution in [0.5, 0.6) is 5.75 Å². The second-order valence-electron chi connectivity index (χ2n) is 5.47. The molecule has 1 heterocycles. The molecule has 3 aromatic rings. The van der Waals surface area contributed by atoms with E-state index in [-0.39, 0.29) is 17.4 Å². The number of rotatable bonds is 6. The van der Waals surface area contributed by atoms with Crippen molar-refractivity contribution in [3.8, 4) is 5.75 Å². The first kappa shape index (κ1) is 16.4. The summed E-state index contributed by atoms with van der Waals surface area (Å²) in [6, 6.07) is 19.7. The van der Waals surface area contributed by atoms with E-state index in [1.807, 2.05) is 42.5 Å². The van der Waals surface area contributed by atoms with Crippen LogP contribution in [0.4, 0.5) is 11.5 Å². The Labute approximate surface area is 145 Å². The molecule has 0 aliphatic heterocycles. The summed E-state index contributed by atoms with van der Waals surface area (Å²) >= 11 is 0. The van der Waals surface area contributed by atoms with Gasteiger partial charge in [-0.25, -0.2) is 0 Å². The van der Waals surface area contributed by atoms with Gasteiger partial charge in [-0.3, -0.25) is 4.79 Å². The number of aromatic hydroxyl groups is 1. The second kappa shape index (κ2) is 7.92. The molecular formula is C19H18N4O2. The highest BCUT2D eigenvalue weighted by atomic mass is 16.3. The molecule has 0 atom stereocenters. The number of aromatic nitrogens is 2. The molecule has 0 fully saturated rings. The predicted molar refractivity (Wildman–Crippen MR) is 96.7 cm³/mol. The first-order valence-electron chi connectivity index (χ1n) is 7.92. The number of phenols is 1. The Morgan fingerprint density at radius 1 is 0.960 bits per heavy atom. The molecule has 6 heteroatoms. The normalized spacial score (nSPS) is 10.2. The molecule has 25 heavy (non-hydrogen) atoms. The van der Waals surface area contributed by atoms with E-state index >= 15 is 0 Å². The van der Waals surface area contributed by atoms with E-state index in [1.165, 1.54) is 0 Å². The SMILES string of the molecule is O=C(Nc1ccccc1)c1ccc(NCCc2cccc(O)c2)nn1. The van der Waals surface area contributed by atoms with Crippen LogP contribution in [0, 0.1) is 0 Å². The van der Waals surface area contributed by atoms with Crippen molar-refractivity contribution in [1.29, 1.82) is 0 Å². The third-order valence-electron chi connectivity index (χ3n) is 3.56. The molecule has 0 radical (unpaired) electrons. The van der Waals surface area contributed by atoms with Crippen molar-refractivity contribution in [2.45, 2.75) is 6.42 Å². The quantitative estimate of drug-likeness (QED) is 0.645. The van der Waals surface area contributed by atoms with Crippen molar-refractivity contribution >= 4 is 17.4 Å². The minimum absolute atomic E-state index is 0.252.